The first-order valence-electron chi connectivity index (χ1n) is 7.73. The van der Waals surface area contributed by atoms with Gasteiger partial charge in [0.1, 0.15) is 11.6 Å². The summed E-state index contributed by atoms with van der Waals surface area (Å²) in [5, 5.41) is 17.0. The highest BCUT2D eigenvalue weighted by atomic mass is 19.1. The average molecular weight is 340 g/mol. The topological polar surface area (TPSA) is 80.0 Å². The fourth-order valence-electron chi connectivity index (χ4n) is 2.42. The number of benzene rings is 1. The summed E-state index contributed by atoms with van der Waals surface area (Å²) in [5.74, 6) is 0.146. The number of pyridine rings is 1. The van der Waals surface area contributed by atoms with Crippen molar-refractivity contribution in [2.75, 3.05) is 5.32 Å². The standard InChI is InChI=1S/C18H17FN4O2/c1-12-5-7-20-17(9-12)23-16(6-8-21-23)22-18(25)11-15(24)13-3-2-4-14(19)10-13/h2-10,15,24H,11H2,1H3,(H,22,25). The number of aliphatic hydroxyl groups is 1. The van der Waals surface area contributed by atoms with Crippen LogP contribution in [-0.2, 0) is 4.79 Å². The van der Waals surface area contributed by atoms with Crippen LogP contribution in [0.2, 0.25) is 0 Å². The number of halogens is 1. The number of anilines is 1. The molecule has 0 spiro atoms. The first kappa shape index (κ1) is 16.8. The van der Waals surface area contributed by atoms with E-state index in [0.29, 0.717) is 17.2 Å². The van der Waals surface area contributed by atoms with Gasteiger partial charge < -0.3 is 10.4 Å². The van der Waals surface area contributed by atoms with Gasteiger partial charge in [-0.15, -0.1) is 0 Å². The van der Waals surface area contributed by atoms with E-state index in [1.54, 1.807) is 24.5 Å². The van der Waals surface area contributed by atoms with Gasteiger partial charge in [-0.25, -0.2) is 9.37 Å². The SMILES string of the molecule is Cc1ccnc(-n2nccc2NC(=O)CC(O)c2cccc(F)c2)c1. The van der Waals surface area contributed by atoms with E-state index in [9.17, 15) is 14.3 Å². The van der Waals surface area contributed by atoms with Gasteiger partial charge in [0.25, 0.3) is 0 Å². The highest BCUT2D eigenvalue weighted by Gasteiger charge is 2.16. The molecule has 0 saturated heterocycles. The summed E-state index contributed by atoms with van der Waals surface area (Å²) in [6.45, 7) is 1.93. The molecule has 2 heterocycles. The summed E-state index contributed by atoms with van der Waals surface area (Å²) in [6.07, 6.45) is 1.91. The largest absolute Gasteiger partial charge is 0.388 e. The number of rotatable bonds is 5. The van der Waals surface area contributed by atoms with Gasteiger partial charge in [-0.05, 0) is 42.3 Å². The number of aryl methyl sites for hydroxylation is 1. The average Bonchev–Trinajstić information content (AvgIpc) is 3.02. The molecule has 6 nitrogen and oxygen atoms in total. The maximum Gasteiger partial charge on any atom is 0.228 e. The molecule has 0 aliphatic carbocycles. The molecule has 3 aromatic rings. The third-order valence-electron chi connectivity index (χ3n) is 3.64. The van der Waals surface area contributed by atoms with Crippen molar-refractivity contribution >= 4 is 11.7 Å². The van der Waals surface area contributed by atoms with Crippen LogP contribution in [0.15, 0.2) is 54.9 Å². The van der Waals surface area contributed by atoms with Crippen molar-refractivity contribution in [3.63, 3.8) is 0 Å². The van der Waals surface area contributed by atoms with Crippen LogP contribution in [-0.4, -0.2) is 25.8 Å². The van der Waals surface area contributed by atoms with Crippen LogP contribution in [0.4, 0.5) is 10.2 Å². The van der Waals surface area contributed by atoms with Crippen molar-refractivity contribution in [3.05, 3.63) is 71.8 Å². The number of hydrogen-bond acceptors (Lipinski definition) is 4. The Balaban J connectivity index is 1.71. The lowest BCUT2D eigenvalue weighted by atomic mass is 10.1. The second-order valence-corrected chi connectivity index (χ2v) is 5.64. The molecule has 1 atom stereocenters. The lowest BCUT2D eigenvalue weighted by Crippen LogP contribution is -2.18. The molecular weight excluding hydrogens is 323 g/mol. The minimum Gasteiger partial charge on any atom is -0.388 e. The maximum absolute atomic E-state index is 13.2. The number of aromatic nitrogens is 3. The van der Waals surface area contributed by atoms with E-state index in [0.717, 1.165) is 5.56 Å². The van der Waals surface area contributed by atoms with Crippen molar-refractivity contribution in [2.24, 2.45) is 0 Å². The number of nitrogens with zero attached hydrogens (tertiary/aromatic N) is 3. The molecule has 25 heavy (non-hydrogen) atoms. The van der Waals surface area contributed by atoms with Crippen LogP contribution in [0.25, 0.3) is 5.82 Å². The summed E-state index contributed by atoms with van der Waals surface area (Å²) in [7, 11) is 0. The van der Waals surface area contributed by atoms with Crippen LogP contribution in [0.5, 0.6) is 0 Å². The normalized spacial score (nSPS) is 12.0. The van der Waals surface area contributed by atoms with E-state index >= 15 is 0 Å². The molecular formula is C18H17FN4O2. The van der Waals surface area contributed by atoms with Gasteiger partial charge in [0.2, 0.25) is 5.91 Å². The number of hydrogen-bond donors (Lipinski definition) is 2. The Hall–Kier alpha value is -3.06. The molecule has 2 aromatic heterocycles. The molecule has 128 valence electrons. The zero-order chi connectivity index (χ0) is 17.8. The lowest BCUT2D eigenvalue weighted by Gasteiger charge is -2.12. The minimum absolute atomic E-state index is 0.199. The Morgan fingerprint density at radius 1 is 1.28 bits per heavy atom. The maximum atomic E-state index is 13.2. The van der Waals surface area contributed by atoms with Gasteiger partial charge in [0.05, 0.1) is 18.7 Å². The Morgan fingerprint density at radius 3 is 2.88 bits per heavy atom. The molecule has 0 fully saturated rings. The van der Waals surface area contributed by atoms with Crippen LogP contribution in [0, 0.1) is 12.7 Å². The molecule has 1 unspecified atom stereocenters. The fourth-order valence-corrected chi connectivity index (χ4v) is 2.42. The van der Waals surface area contributed by atoms with Crippen LogP contribution in [0.1, 0.15) is 23.7 Å². The molecule has 0 aliphatic heterocycles. The third kappa shape index (κ3) is 4.07. The highest BCUT2D eigenvalue weighted by Crippen LogP contribution is 2.19. The van der Waals surface area contributed by atoms with Crippen LogP contribution >= 0.6 is 0 Å². The van der Waals surface area contributed by atoms with Gasteiger partial charge >= 0.3 is 0 Å². The number of carbonyl (C=O) groups excluding carboxylic acids is 1. The summed E-state index contributed by atoms with van der Waals surface area (Å²) >= 11 is 0. The van der Waals surface area contributed by atoms with Gasteiger partial charge in [-0.2, -0.15) is 9.78 Å². The molecule has 0 bridgehead atoms. The zero-order valence-corrected chi connectivity index (χ0v) is 13.6. The molecule has 0 radical (unpaired) electrons. The molecule has 7 heteroatoms. The van der Waals surface area contributed by atoms with Crippen LogP contribution in [0.3, 0.4) is 0 Å². The first-order valence-corrected chi connectivity index (χ1v) is 7.73. The van der Waals surface area contributed by atoms with E-state index < -0.39 is 17.8 Å². The van der Waals surface area contributed by atoms with Crippen molar-refractivity contribution < 1.29 is 14.3 Å². The van der Waals surface area contributed by atoms with E-state index in [-0.39, 0.29) is 6.42 Å². The number of nitrogens with one attached hydrogen (secondary N) is 1. The van der Waals surface area contributed by atoms with Gasteiger partial charge in [0.15, 0.2) is 5.82 Å². The molecule has 2 N–H and O–H groups in total. The highest BCUT2D eigenvalue weighted by molar-refractivity contribution is 5.90. The number of aliphatic hydroxyl groups excluding tert-OH is 1. The second kappa shape index (κ2) is 7.23. The number of amides is 1. The molecule has 1 aromatic carbocycles. The van der Waals surface area contributed by atoms with Crippen molar-refractivity contribution in [1.82, 2.24) is 14.8 Å². The monoisotopic (exact) mass is 340 g/mol. The van der Waals surface area contributed by atoms with Crippen molar-refractivity contribution in [2.45, 2.75) is 19.4 Å². The predicted octanol–water partition coefficient (Wildman–Crippen LogP) is 2.78. The summed E-state index contributed by atoms with van der Waals surface area (Å²) in [4.78, 5) is 16.4. The van der Waals surface area contributed by atoms with E-state index in [1.165, 1.54) is 22.9 Å². The molecule has 1 amide bonds. The third-order valence-corrected chi connectivity index (χ3v) is 3.64. The Kier molecular flexibility index (Phi) is 4.85. The fraction of sp³-hybridized carbons (Fsp3) is 0.167. The zero-order valence-electron chi connectivity index (χ0n) is 13.6. The number of carbonyl (C=O) groups is 1. The summed E-state index contributed by atoms with van der Waals surface area (Å²) < 4.78 is 14.7. The Bertz CT molecular complexity index is 894. The molecule has 3 rings (SSSR count). The summed E-state index contributed by atoms with van der Waals surface area (Å²) in [5.41, 5.74) is 1.36. The Labute approximate surface area is 144 Å². The summed E-state index contributed by atoms with van der Waals surface area (Å²) in [6, 6.07) is 10.9. The van der Waals surface area contributed by atoms with E-state index in [4.69, 9.17) is 0 Å². The Morgan fingerprint density at radius 2 is 2.12 bits per heavy atom. The van der Waals surface area contributed by atoms with Gasteiger partial charge in [0, 0.05) is 12.3 Å². The van der Waals surface area contributed by atoms with Gasteiger partial charge in [-0.1, -0.05) is 12.1 Å². The lowest BCUT2D eigenvalue weighted by molar-refractivity contribution is -0.118. The van der Waals surface area contributed by atoms with E-state index in [2.05, 4.69) is 15.4 Å². The van der Waals surface area contributed by atoms with Crippen LogP contribution < -0.4 is 5.32 Å². The quantitative estimate of drug-likeness (QED) is 0.748. The van der Waals surface area contributed by atoms with Crippen molar-refractivity contribution in [1.29, 1.82) is 0 Å². The molecule has 0 aliphatic rings. The minimum atomic E-state index is -1.09. The smallest absolute Gasteiger partial charge is 0.228 e. The van der Waals surface area contributed by atoms with E-state index in [1.807, 2.05) is 19.1 Å². The second-order valence-electron chi connectivity index (χ2n) is 5.64. The van der Waals surface area contributed by atoms with Gasteiger partial charge in [-0.3, -0.25) is 4.79 Å². The molecule has 0 saturated carbocycles. The predicted molar refractivity (Wildman–Crippen MR) is 90.7 cm³/mol. The first-order chi connectivity index (χ1) is 12.0. The van der Waals surface area contributed by atoms with Crippen molar-refractivity contribution in [3.8, 4) is 5.82 Å².